The molecule has 1 saturated carbocycles. The third-order valence-corrected chi connectivity index (χ3v) is 13.6. The first-order chi connectivity index (χ1) is 22.8. The molecule has 0 amide bonds. The first kappa shape index (κ1) is 36.7. The Hall–Kier alpha value is -4.13. The number of aromatic amines is 1. The molecule has 4 rings (SSSR count). The van der Waals surface area contributed by atoms with Gasteiger partial charge in [-0.3, -0.25) is 4.79 Å². The van der Waals surface area contributed by atoms with Gasteiger partial charge in [0, 0.05) is 6.61 Å². The van der Waals surface area contributed by atoms with E-state index >= 15 is 0 Å². The van der Waals surface area contributed by atoms with Crippen LogP contribution in [0.25, 0.3) is 0 Å². The first-order valence-electron chi connectivity index (χ1n) is 16.4. The predicted octanol–water partition coefficient (Wildman–Crippen LogP) is 6.45. The maximum atomic E-state index is 13.5. The van der Waals surface area contributed by atoms with Crippen LogP contribution in [0.3, 0.4) is 0 Å². The number of hydrogen-bond donors (Lipinski definition) is 1. The van der Waals surface area contributed by atoms with Crippen LogP contribution in [0.4, 0.5) is 0 Å². The molecule has 12 heteroatoms. The number of benzene rings is 2. The molecule has 48 heavy (non-hydrogen) atoms. The average Bonchev–Trinajstić information content (AvgIpc) is 3.07. The number of carbonyl (C=O) groups is 3. The van der Waals surface area contributed by atoms with Crippen molar-refractivity contribution < 1.29 is 37.8 Å². The third kappa shape index (κ3) is 9.06. The van der Waals surface area contributed by atoms with Crippen molar-refractivity contribution in [2.24, 2.45) is 5.92 Å². The van der Waals surface area contributed by atoms with Crippen molar-refractivity contribution in [1.29, 1.82) is 0 Å². The van der Waals surface area contributed by atoms with Gasteiger partial charge in [-0.1, -0.05) is 57.2 Å². The number of nitrogens with zero attached hydrogens (tertiary/aromatic N) is 1. The summed E-state index contributed by atoms with van der Waals surface area (Å²) in [7, 11) is -1.97. The molecule has 1 fully saturated rings. The van der Waals surface area contributed by atoms with Crippen molar-refractivity contribution in [3.8, 4) is 5.75 Å². The quantitative estimate of drug-likeness (QED) is 0.122. The zero-order valence-corrected chi connectivity index (χ0v) is 29.6. The molecule has 0 unspecified atom stereocenters. The van der Waals surface area contributed by atoms with E-state index < -0.39 is 48.8 Å². The highest BCUT2D eigenvalue weighted by atomic mass is 28.4. The SMILES string of the molecule is CCOC(=O)c1nc(C2(OCCOC(=O)c3ccccc3)CCC(CO[Si](C)(C)C(C)(C)C)CC2)[nH]c(=O)c1OC(=O)c1ccccc1. The molecule has 11 nitrogen and oxygen atoms in total. The molecule has 0 aliphatic heterocycles. The van der Waals surface area contributed by atoms with Gasteiger partial charge >= 0.3 is 17.9 Å². The molecule has 2 aromatic carbocycles. The standard InChI is InChI=1S/C36H46N2O9Si/c1-7-43-33(42)28-29(47-32(41)27-16-12-9-13-17-27)30(39)38-34(37-28)36(45-23-22-44-31(40)26-14-10-8-11-15-26)20-18-25(19-21-36)24-46-48(5,6)35(2,3)4/h8-17,25H,7,18-24H2,1-6H3,(H,37,38,39). The van der Waals surface area contributed by atoms with E-state index in [1.807, 2.05) is 6.07 Å². The molecule has 0 bridgehead atoms. The van der Waals surface area contributed by atoms with Gasteiger partial charge in [0.2, 0.25) is 5.75 Å². The Bertz CT molecular complexity index is 1610. The molecule has 0 radical (unpaired) electrons. The molecule has 1 aliphatic carbocycles. The molecule has 0 spiro atoms. The Kier molecular flexibility index (Phi) is 12.1. The van der Waals surface area contributed by atoms with Crippen LogP contribution in [-0.4, -0.2) is 62.6 Å². The van der Waals surface area contributed by atoms with Gasteiger partial charge in [0.15, 0.2) is 14.0 Å². The van der Waals surface area contributed by atoms with Crippen LogP contribution < -0.4 is 10.3 Å². The maximum absolute atomic E-state index is 13.5. The van der Waals surface area contributed by atoms with E-state index in [2.05, 4.69) is 43.8 Å². The van der Waals surface area contributed by atoms with Crippen LogP contribution >= 0.6 is 0 Å². The van der Waals surface area contributed by atoms with Crippen LogP contribution in [0.5, 0.6) is 5.75 Å². The lowest BCUT2D eigenvalue weighted by atomic mass is 9.78. The number of esters is 3. The van der Waals surface area contributed by atoms with Gasteiger partial charge in [-0.25, -0.2) is 19.4 Å². The summed E-state index contributed by atoms with van der Waals surface area (Å²) >= 11 is 0. The zero-order valence-electron chi connectivity index (χ0n) is 28.6. The molecule has 0 saturated heterocycles. The summed E-state index contributed by atoms with van der Waals surface area (Å²) in [5.41, 5.74) is -1.77. The number of carbonyl (C=O) groups excluding carboxylic acids is 3. The fourth-order valence-corrected chi connectivity index (χ4v) is 6.25. The minimum absolute atomic E-state index is 0.00685. The Labute approximate surface area is 282 Å². The molecule has 1 aliphatic rings. The van der Waals surface area contributed by atoms with Crippen molar-refractivity contribution in [3.05, 3.63) is 93.7 Å². The van der Waals surface area contributed by atoms with Crippen molar-refractivity contribution >= 4 is 26.2 Å². The first-order valence-corrected chi connectivity index (χ1v) is 19.3. The largest absolute Gasteiger partial charge is 0.461 e. The highest BCUT2D eigenvalue weighted by Crippen LogP contribution is 2.43. The lowest BCUT2D eigenvalue weighted by molar-refractivity contribution is -0.103. The van der Waals surface area contributed by atoms with Crippen molar-refractivity contribution in [3.63, 3.8) is 0 Å². The van der Waals surface area contributed by atoms with Crippen LogP contribution in [-0.2, 0) is 24.2 Å². The molecule has 1 heterocycles. The van der Waals surface area contributed by atoms with Gasteiger partial charge < -0.3 is 28.4 Å². The summed E-state index contributed by atoms with van der Waals surface area (Å²) in [6, 6.07) is 16.7. The van der Waals surface area contributed by atoms with E-state index in [1.165, 1.54) is 12.1 Å². The fraction of sp³-hybridized carbons (Fsp3) is 0.472. The van der Waals surface area contributed by atoms with Crippen LogP contribution in [0.15, 0.2) is 65.5 Å². The minimum Gasteiger partial charge on any atom is -0.461 e. The molecular formula is C36H46N2O9Si. The molecule has 258 valence electrons. The molecular weight excluding hydrogens is 632 g/mol. The fourth-order valence-electron chi connectivity index (χ4n) is 5.17. The van der Waals surface area contributed by atoms with Crippen LogP contribution in [0.2, 0.25) is 18.1 Å². The topological polar surface area (TPSA) is 143 Å². The van der Waals surface area contributed by atoms with E-state index in [-0.39, 0.29) is 42.2 Å². The normalized spacial score (nSPS) is 18.2. The number of H-pyrrole nitrogens is 1. The van der Waals surface area contributed by atoms with Gasteiger partial charge in [0.25, 0.3) is 5.56 Å². The Balaban J connectivity index is 1.61. The molecule has 1 aromatic heterocycles. The van der Waals surface area contributed by atoms with Gasteiger partial charge in [-0.05, 0) is 80.9 Å². The molecule has 3 aromatic rings. The zero-order chi connectivity index (χ0) is 35.0. The monoisotopic (exact) mass is 678 g/mol. The van der Waals surface area contributed by atoms with Crippen molar-refractivity contribution in [1.82, 2.24) is 9.97 Å². The smallest absolute Gasteiger partial charge is 0.361 e. The van der Waals surface area contributed by atoms with E-state index in [9.17, 15) is 19.2 Å². The highest BCUT2D eigenvalue weighted by Gasteiger charge is 2.43. The second kappa shape index (κ2) is 15.8. The summed E-state index contributed by atoms with van der Waals surface area (Å²) in [5.74, 6) is -2.43. The summed E-state index contributed by atoms with van der Waals surface area (Å²) in [6.45, 7) is 13.2. The summed E-state index contributed by atoms with van der Waals surface area (Å²) in [5, 5.41) is 0.0737. The van der Waals surface area contributed by atoms with Crippen molar-refractivity contribution in [2.45, 2.75) is 77.1 Å². The molecule has 0 atom stereocenters. The number of rotatable bonds is 13. The van der Waals surface area contributed by atoms with Gasteiger partial charge in [0.05, 0.1) is 24.3 Å². The summed E-state index contributed by atoms with van der Waals surface area (Å²) < 4.78 is 29.0. The molecule has 1 N–H and O–H groups in total. The van der Waals surface area contributed by atoms with E-state index in [0.29, 0.717) is 37.9 Å². The van der Waals surface area contributed by atoms with Crippen LogP contribution in [0.1, 0.15) is 90.4 Å². The number of hydrogen-bond acceptors (Lipinski definition) is 10. The lowest BCUT2D eigenvalue weighted by Crippen LogP contribution is -2.44. The van der Waals surface area contributed by atoms with Crippen LogP contribution in [0, 0.1) is 5.92 Å². The average molecular weight is 679 g/mol. The van der Waals surface area contributed by atoms with Gasteiger partial charge in [-0.15, -0.1) is 0 Å². The Morgan fingerprint density at radius 2 is 1.46 bits per heavy atom. The maximum Gasteiger partial charge on any atom is 0.361 e. The van der Waals surface area contributed by atoms with Gasteiger partial charge in [0.1, 0.15) is 18.0 Å². The van der Waals surface area contributed by atoms with E-state index in [0.717, 1.165) is 0 Å². The third-order valence-electron chi connectivity index (χ3n) is 9.08. The minimum atomic E-state index is -1.97. The number of ether oxygens (including phenoxy) is 4. The lowest BCUT2D eigenvalue weighted by Gasteiger charge is -2.41. The summed E-state index contributed by atoms with van der Waals surface area (Å²) in [4.78, 5) is 59.3. The van der Waals surface area contributed by atoms with E-state index in [1.54, 1.807) is 49.4 Å². The number of nitrogens with one attached hydrogen (secondary N) is 1. The second-order valence-corrected chi connectivity index (χ2v) is 18.2. The predicted molar refractivity (Wildman–Crippen MR) is 182 cm³/mol. The van der Waals surface area contributed by atoms with E-state index in [4.69, 9.17) is 23.4 Å². The Morgan fingerprint density at radius 3 is 2.02 bits per heavy atom. The van der Waals surface area contributed by atoms with Gasteiger partial charge in [-0.2, -0.15) is 0 Å². The highest BCUT2D eigenvalue weighted by molar-refractivity contribution is 6.74. The number of aromatic nitrogens is 2. The second-order valence-electron chi connectivity index (χ2n) is 13.4. The van der Waals surface area contributed by atoms with Crippen molar-refractivity contribution in [2.75, 3.05) is 26.4 Å². The summed E-state index contributed by atoms with van der Waals surface area (Å²) in [6.07, 6.45) is 2.28. The Morgan fingerprint density at radius 1 is 0.875 bits per heavy atom.